The van der Waals surface area contributed by atoms with Crippen molar-refractivity contribution in [2.24, 2.45) is 0 Å². The van der Waals surface area contributed by atoms with Gasteiger partial charge in [0.05, 0.1) is 0 Å². The molecule has 20 heavy (non-hydrogen) atoms. The second kappa shape index (κ2) is 5.37. The molecule has 0 saturated carbocycles. The summed E-state index contributed by atoms with van der Waals surface area (Å²) in [5.74, 6) is 0.0932. The Labute approximate surface area is 131 Å². The first kappa shape index (κ1) is 13.3. The average molecular weight is 372 g/mol. The molecule has 0 radical (unpaired) electrons. The third kappa shape index (κ3) is 2.36. The molecular weight excluding hydrogens is 359 g/mol. The van der Waals surface area contributed by atoms with Crippen molar-refractivity contribution in [3.05, 3.63) is 80.9 Å². The Bertz CT molecular complexity index is 788. The van der Waals surface area contributed by atoms with Gasteiger partial charge in [-0.15, -0.1) is 0 Å². The normalized spacial score (nSPS) is 10.7. The molecule has 3 aromatic rings. The van der Waals surface area contributed by atoms with E-state index in [-0.39, 0.29) is 5.78 Å². The predicted octanol–water partition coefficient (Wildman–Crippen LogP) is 4.98. The second-order valence-corrected chi connectivity index (χ2v) is 6.06. The van der Waals surface area contributed by atoms with E-state index in [2.05, 4.69) is 28.7 Å². The molecule has 2 heteroatoms. The number of benzene rings is 3. The molecule has 0 aliphatic rings. The fraction of sp³-hybridized carbons (Fsp3) is 0.0556. The van der Waals surface area contributed by atoms with Gasteiger partial charge in [0, 0.05) is 14.7 Å². The van der Waals surface area contributed by atoms with Gasteiger partial charge in [-0.05, 0) is 70.1 Å². The molecule has 0 saturated heterocycles. The third-order valence-electron chi connectivity index (χ3n) is 3.47. The van der Waals surface area contributed by atoms with Gasteiger partial charge in [0.15, 0.2) is 5.78 Å². The van der Waals surface area contributed by atoms with E-state index in [9.17, 15) is 4.79 Å². The Morgan fingerprint density at radius 2 is 1.60 bits per heavy atom. The monoisotopic (exact) mass is 372 g/mol. The lowest BCUT2D eigenvalue weighted by Gasteiger charge is -2.09. The van der Waals surface area contributed by atoms with Crippen molar-refractivity contribution in [2.75, 3.05) is 0 Å². The average Bonchev–Trinajstić information content (AvgIpc) is 2.47. The van der Waals surface area contributed by atoms with Crippen molar-refractivity contribution in [3.8, 4) is 0 Å². The van der Waals surface area contributed by atoms with Gasteiger partial charge in [-0.3, -0.25) is 4.79 Å². The molecule has 0 unspecified atom stereocenters. The SMILES string of the molecule is Cc1ccc2ccccc2c1C(=O)c1ccc(I)cc1. The van der Waals surface area contributed by atoms with Gasteiger partial charge in [-0.1, -0.05) is 36.4 Å². The van der Waals surface area contributed by atoms with Crippen molar-refractivity contribution < 1.29 is 4.79 Å². The van der Waals surface area contributed by atoms with Crippen LogP contribution >= 0.6 is 22.6 Å². The Morgan fingerprint density at radius 1 is 0.900 bits per heavy atom. The summed E-state index contributed by atoms with van der Waals surface area (Å²) in [5, 5.41) is 2.13. The second-order valence-electron chi connectivity index (χ2n) is 4.81. The van der Waals surface area contributed by atoms with Crippen LogP contribution in [0, 0.1) is 10.5 Å². The molecule has 0 aliphatic heterocycles. The number of aryl methyl sites for hydroxylation is 1. The first-order valence-electron chi connectivity index (χ1n) is 6.45. The highest BCUT2D eigenvalue weighted by molar-refractivity contribution is 14.1. The Morgan fingerprint density at radius 3 is 2.35 bits per heavy atom. The quantitative estimate of drug-likeness (QED) is 0.458. The van der Waals surface area contributed by atoms with Gasteiger partial charge in [-0.2, -0.15) is 0 Å². The zero-order valence-electron chi connectivity index (χ0n) is 11.1. The predicted molar refractivity (Wildman–Crippen MR) is 91.3 cm³/mol. The van der Waals surface area contributed by atoms with E-state index in [1.807, 2.05) is 61.5 Å². The maximum absolute atomic E-state index is 12.8. The largest absolute Gasteiger partial charge is 0.289 e. The van der Waals surface area contributed by atoms with E-state index < -0.39 is 0 Å². The lowest BCUT2D eigenvalue weighted by molar-refractivity contribution is 0.103. The molecule has 0 aromatic heterocycles. The number of rotatable bonds is 2. The molecule has 0 fully saturated rings. The molecule has 0 bridgehead atoms. The van der Waals surface area contributed by atoms with Crippen LogP contribution in [-0.2, 0) is 0 Å². The summed E-state index contributed by atoms with van der Waals surface area (Å²) in [6, 6.07) is 19.8. The van der Waals surface area contributed by atoms with Crippen LogP contribution in [0.2, 0.25) is 0 Å². The molecular formula is C18H13IO. The summed E-state index contributed by atoms with van der Waals surface area (Å²) in [7, 11) is 0. The van der Waals surface area contributed by atoms with Crippen LogP contribution < -0.4 is 0 Å². The maximum Gasteiger partial charge on any atom is 0.193 e. The third-order valence-corrected chi connectivity index (χ3v) is 4.19. The van der Waals surface area contributed by atoms with Crippen molar-refractivity contribution in [1.82, 2.24) is 0 Å². The number of fused-ring (bicyclic) bond motifs is 1. The highest BCUT2D eigenvalue weighted by Gasteiger charge is 2.14. The molecule has 0 heterocycles. The maximum atomic E-state index is 12.8. The summed E-state index contributed by atoms with van der Waals surface area (Å²) >= 11 is 2.24. The van der Waals surface area contributed by atoms with Crippen molar-refractivity contribution in [1.29, 1.82) is 0 Å². The van der Waals surface area contributed by atoms with Crippen molar-refractivity contribution in [3.63, 3.8) is 0 Å². The van der Waals surface area contributed by atoms with Crippen LogP contribution in [0.4, 0.5) is 0 Å². The number of hydrogen-bond acceptors (Lipinski definition) is 1. The molecule has 98 valence electrons. The van der Waals surface area contributed by atoms with E-state index in [4.69, 9.17) is 0 Å². The summed E-state index contributed by atoms with van der Waals surface area (Å²) in [6.45, 7) is 1.99. The number of hydrogen-bond donors (Lipinski definition) is 0. The fourth-order valence-corrected chi connectivity index (χ4v) is 2.79. The topological polar surface area (TPSA) is 17.1 Å². The molecule has 0 amide bonds. The lowest BCUT2D eigenvalue weighted by atomic mass is 9.93. The van der Waals surface area contributed by atoms with Gasteiger partial charge in [0.1, 0.15) is 0 Å². The van der Waals surface area contributed by atoms with Crippen LogP contribution in [0.25, 0.3) is 10.8 Å². The molecule has 3 aromatic carbocycles. The number of carbonyl (C=O) groups excluding carboxylic acids is 1. The van der Waals surface area contributed by atoms with Crippen molar-refractivity contribution >= 4 is 39.1 Å². The van der Waals surface area contributed by atoms with E-state index in [0.717, 1.165) is 31.0 Å². The van der Waals surface area contributed by atoms with E-state index in [1.54, 1.807) is 0 Å². The molecule has 3 rings (SSSR count). The van der Waals surface area contributed by atoms with Gasteiger partial charge < -0.3 is 0 Å². The Hall–Kier alpha value is -1.68. The first-order chi connectivity index (χ1) is 9.66. The zero-order valence-corrected chi connectivity index (χ0v) is 13.2. The highest BCUT2D eigenvalue weighted by Crippen LogP contribution is 2.25. The van der Waals surface area contributed by atoms with E-state index >= 15 is 0 Å². The molecule has 0 N–H and O–H groups in total. The standard InChI is InChI=1S/C18H13IO/c1-12-6-7-13-4-2-3-5-16(13)17(12)18(20)14-8-10-15(19)11-9-14/h2-11H,1H3. The van der Waals surface area contributed by atoms with Gasteiger partial charge in [0.25, 0.3) is 0 Å². The van der Waals surface area contributed by atoms with Crippen LogP contribution in [0.1, 0.15) is 21.5 Å². The smallest absolute Gasteiger partial charge is 0.193 e. The van der Waals surface area contributed by atoms with Crippen molar-refractivity contribution in [2.45, 2.75) is 6.92 Å². The molecule has 0 aliphatic carbocycles. The minimum absolute atomic E-state index is 0.0932. The minimum Gasteiger partial charge on any atom is -0.289 e. The van der Waals surface area contributed by atoms with Crippen LogP contribution in [-0.4, -0.2) is 5.78 Å². The highest BCUT2D eigenvalue weighted by atomic mass is 127. The summed E-state index contributed by atoms with van der Waals surface area (Å²) in [5.41, 5.74) is 2.57. The van der Waals surface area contributed by atoms with Crippen LogP contribution in [0.3, 0.4) is 0 Å². The van der Waals surface area contributed by atoms with E-state index in [1.165, 1.54) is 0 Å². The molecule has 0 spiro atoms. The van der Waals surface area contributed by atoms with Gasteiger partial charge in [0.2, 0.25) is 0 Å². The summed E-state index contributed by atoms with van der Waals surface area (Å²) in [4.78, 5) is 12.8. The first-order valence-corrected chi connectivity index (χ1v) is 7.53. The van der Waals surface area contributed by atoms with Gasteiger partial charge in [-0.25, -0.2) is 0 Å². The zero-order chi connectivity index (χ0) is 14.1. The summed E-state index contributed by atoms with van der Waals surface area (Å²) in [6.07, 6.45) is 0. The number of carbonyl (C=O) groups is 1. The Kier molecular flexibility index (Phi) is 3.57. The van der Waals surface area contributed by atoms with E-state index in [0.29, 0.717) is 0 Å². The Balaban J connectivity index is 2.21. The molecule has 1 nitrogen and oxygen atoms in total. The van der Waals surface area contributed by atoms with Crippen LogP contribution in [0.5, 0.6) is 0 Å². The van der Waals surface area contributed by atoms with Crippen LogP contribution in [0.15, 0.2) is 60.7 Å². The number of halogens is 1. The number of ketones is 1. The summed E-state index contributed by atoms with van der Waals surface area (Å²) < 4.78 is 1.13. The lowest BCUT2D eigenvalue weighted by Crippen LogP contribution is -2.04. The van der Waals surface area contributed by atoms with Gasteiger partial charge >= 0.3 is 0 Å². The molecule has 0 atom stereocenters. The minimum atomic E-state index is 0.0932. The fourth-order valence-electron chi connectivity index (χ4n) is 2.43.